The van der Waals surface area contributed by atoms with Crippen LogP contribution in [0.25, 0.3) is 5.57 Å². The Balaban J connectivity index is 2.03. The van der Waals surface area contributed by atoms with Gasteiger partial charge in [0.2, 0.25) is 0 Å². The van der Waals surface area contributed by atoms with E-state index in [1.54, 1.807) is 0 Å². The molecule has 5 heteroatoms. The molecule has 1 aliphatic rings. The largest absolute Gasteiger partial charge is 0.475 e. The van der Waals surface area contributed by atoms with Crippen molar-refractivity contribution in [1.82, 2.24) is 14.1 Å². The summed E-state index contributed by atoms with van der Waals surface area (Å²) >= 11 is 1.22. The molecule has 0 unspecified atom stereocenters. The fraction of sp³-hybridized carbons (Fsp3) is 0.636. The summed E-state index contributed by atoms with van der Waals surface area (Å²) < 4.78 is 14.2. The summed E-state index contributed by atoms with van der Waals surface area (Å²) in [7, 11) is 0. The van der Waals surface area contributed by atoms with E-state index < -0.39 is 0 Å². The third-order valence-corrected chi connectivity index (χ3v) is 3.04. The lowest BCUT2D eigenvalue weighted by Crippen LogP contribution is -2.21. The summed E-state index contributed by atoms with van der Waals surface area (Å²) in [5.74, 6) is 0.702. The normalized spacial score (nSPS) is 15.9. The molecule has 0 radical (unpaired) electrons. The van der Waals surface area contributed by atoms with Gasteiger partial charge in [0.15, 0.2) is 0 Å². The standard InChI is InChI=1S/C11H17N3OS/c1-2-3-7-15-11-10(13-16-14-11)9-5-4-6-12-8-9/h5,12H,2-4,6-8H2,1H3. The van der Waals surface area contributed by atoms with Gasteiger partial charge >= 0.3 is 0 Å². The van der Waals surface area contributed by atoms with Crippen LogP contribution in [0.4, 0.5) is 0 Å². The van der Waals surface area contributed by atoms with Crippen molar-refractivity contribution in [3.8, 4) is 5.88 Å². The highest BCUT2D eigenvalue weighted by Crippen LogP contribution is 2.25. The summed E-state index contributed by atoms with van der Waals surface area (Å²) in [5, 5.41) is 3.33. The highest BCUT2D eigenvalue weighted by Gasteiger charge is 2.15. The molecular formula is C11H17N3OS. The molecule has 1 aliphatic heterocycles. The molecule has 0 aromatic carbocycles. The molecule has 2 heterocycles. The van der Waals surface area contributed by atoms with Crippen LogP contribution in [0, 0.1) is 0 Å². The van der Waals surface area contributed by atoms with E-state index >= 15 is 0 Å². The van der Waals surface area contributed by atoms with Gasteiger partial charge in [-0.2, -0.15) is 4.37 Å². The zero-order valence-electron chi connectivity index (χ0n) is 9.53. The quantitative estimate of drug-likeness (QED) is 0.799. The fourth-order valence-electron chi connectivity index (χ4n) is 1.61. The van der Waals surface area contributed by atoms with Crippen LogP contribution in [0.15, 0.2) is 6.08 Å². The summed E-state index contributed by atoms with van der Waals surface area (Å²) in [4.78, 5) is 0. The molecule has 2 rings (SSSR count). The monoisotopic (exact) mass is 239 g/mol. The second-order valence-corrected chi connectivity index (χ2v) is 4.34. The van der Waals surface area contributed by atoms with Crippen LogP contribution in [0.5, 0.6) is 5.88 Å². The van der Waals surface area contributed by atoms with E-state index in [0.29, 0.717) is 5.88 Å². The first-order valence-electron chi connectivity index (χ1n) is 5.77. The van der Waals surface area contributed by atoms with Crippen molar-refractivity contribution >= 4 is 17.3 Å². The van der Waals surface area contributed by atoms with Crippen LogP contribution < -0.4 is 10.1 Å². The highest BCUT2D eigenvalue weighted by molar-refractivity contribution is 6.99. The third-order valence-electron chi connectivity index (χ3n) is 2.53. The van der Waals surface area contributed by atoms with E-state index in [9.17, 15) is 0 Å². The summed E-state index contributed by atoms with van der Waals surface area (Å²) in [6, 6.07) is 0. The van der Waals surface area contributed by atoms with Gasteiger partial charge in [0.05, 0.1) is 18.3 Å². The summed E-state index contributed by atoms with van der Waals surface area (Å²) in [6.07, 6.45) is 5.48. The molecule has 0 fully saturated rings. The summed E-state index contributed by atoms with van der Waals surface area (Å²) in [5.41, 5.74) is 2.14. The molecule has 0 saturated heterocycles. The molecule has 0 bridgehead atoms. The van der Waals surface area contributed by atoms with Gasteiger partial charge in [-0.15, -0.1) is 4.37 Å². The molecule has 0 amide bonds. The number of hydrogen-bond donors (Lipinski definition) is 1. The van der Waals surface area contributed by atoms with E-state index in [-0.39, 0.29) is 0 Å². The smallest absolute Gasteiger partial charge is 0.253 e. The maximum absolute atomic E-state index is 5.64. The molecule has 0 saturated carbocycles. The number of nitrogens with zero attached hydrogens (tertiary/aromatic N) is 2. The Morgan fingerprint density at radius 2 is 2.44 bits per heavy atom. The van der Waals surface area contributed by atoms with Gasteiger partial charge in [0, 0.05) is 6.54 Å². The minimum Gasteiger partial charge on any atom is -0.475 e. The Labute approximate surface area is 100 Å². The first-order valence-corrected chi connectivity index (χ1v) is 6.50. The second kappa shape index (κ2) is 5.96. The molecular weight excluding hydrogens is 222 g/mol. The lowest BCUT2D eigenvalue weighted by molar-refractivity contribution is 0.299. The van der Waals surface area contributed by atoms with E-state index in [1.165, 1.54) is 17.3 Å². The Morgan fingerprint density at radius 3 is 3.19 bits per heavy atom. The van der Waals surface area contributed by atoms with Crippen molar-refractivity contribution in [3.05, 3.63) is 11.8 Å². The molecule has 0 atom stereocenters. The van der Waals surface area contributed by atoms with Gasteiger partial charge < -0.3 is 10.1 Å². The van der Waals surface area contributed by atoms with E-state index in [0.717, 1.165) is 44.7 Å². The van der Waals surface area contributed by atoms with Crippen LogP contribution in [0.1, 0.15) is 31.9 Å². The number of ether oxygens (including phenoxy) is 1. The number of rotatable bonds is 5. The third kappa shape index (κ3) is 2.80. The lowest BCUT2D eigenvalue weighted by atomic mass is 10.1. The molecule has 1 aromatic heterocycles. The number of hydrogen-bond acceptors (Lipinski definition) is 5. The predicted molar refractivity (Wildman–Crippen MR) is 65.8 cm³/mol. The van der Waals surface area contributed by atoms with Gasteiger partial charge in [-0.1, -0.05) is 19.4 Å². The van der Waals surface area contributed by atoms with Crippen molar-refractivity contribution in [2.24, 2.45) is 0 Å². The first-order chi connectivity index (χ1) is 7.92. The molecule has 16 heavy (non-hydrogen) atoms. The molecule has 1 N–H and O–H groups in total. The van der Waals surface area contributed by atoms with Gasteiger partial charge in [-0.3, -0.25) is 0 Å². The predicted octanol–water partition coefficient (Wildman–Crippen LogP) is 2.09. The van der Waals surface area contributed by atoms with Crippen molar-refractivity contribution < 1.29 is 4.74 Å². The maximum Gasteiger partial charge on any atom is 0.253 e. The molecule has 1 aromatic rings. The second-order valence-electron chi connectivity index (χ2n) is 3.81. The van der Waals surface area contributed by atoms with Crippen LogP contribution in [0.3, 0.4) is 0 Å². The number of unbranched alkanes of at least 4 members (excludes halogenated alkanes) is 1. The Kier molecular flexibility index (Phi) is 4.30. The van der Waals surface area contributed by atoms with Gasteiger partial charge in [-0.25, -0.2) is 0 Å². The van der Waals surface area contributed by atoms with E-state index in [1.807, 2.05) is 0 Å². The van der Waals surface area contributed by atoms with Crippen LogP contribution in [-0.2, 0) is 0 Å². The molecule has 4 nitrogen and oxygen atoms in total. The Bertz CT molecular complexity index is 362. The van der Waals surface area contributed by atoms with Crippen molar-refractivity contribution in [1.29, 1.82) is 0 Å². The average molecular weight is 239 g/mol. The topological polar surface area (TPSA) is 47.0 Å². The van der Waals surface area contributed by atoms with Crippen LogP contribution >= 0.6 is 11.7 Å². The SMILES string of the molecule is CCCCOc1nsnc1C1=CCCNC1. The minimum atomic E-state index is 0.702. The lowest BCUT2D eigenvalue weighted by Gasteiger charge is -2.13. The molecule has 0 spiro atoms. The maximum atomic E-state index is 5.64. The first kappa shape index (κ1) is 11.5. The minimum absolute atomic E-state index is 0.702. The van der Waals surface area contributed by atoms with Crippen molar-refractivity contribution in [2.75, 3.05) is 19.7 Å². The Morgan fingerprint density at radius 1 is 1.50 bits per heavy atom. The molecule has 0 aliphatic carbocycles. The van der Waals surface area contributed by atoms with Crippen molar-refractivity contribution in [2.45, 2.75) is 26.2 Å². The van der Waals surface area contributed by atoms with E-state index in [2.05, 4.69) is 27.1 Å². The van der Waals surface area contributed by atoms with Crippen molar-refractivity contribution in [3.63, 3.8) is 0 Å². The molecule has 88 valence electrons. The fourth-order valence-corrected chi connectivity index (χ4v) is 2.14. The zero-order chi connectivity index (χ0) is 11.2. The van der Waals surface area contributed by atoms with Gasteiger partial charge in [0.1, 0.15) is 5.69 Å². The van der Waals surface area contributed by atoms with Gasteiger partial charge in [-0.05, 0) is 25.0 Å². The Hall–Kier alpha value is -0.940. The number of nitrogens with one attached hydrogen (secondary N) is 1. The zero-order valence-corrected chi connectivity index (χ0v) is 10.3. The van der Waals surface area contributed by atoms with Crippen LogP contribution in [0.2, 0.25) is 0 Å². The average Bonchev–Trinajstić information content (AvgIpc) is 2.79. The van der Waals surface area contributed by atoms with Crippen LogP contribution in [-0.4, -0.2) is 28.4 Å². The van der Waals surface area contributed by atoms with Gasteiger partial charge in [0.25, 0.3) is 5.88 Å². The summed E-state index contributed by atoms with van der Waals surface area (Å²) in [6.45, 7) is 4.80. The van der Waals surface area contributed by atoms with E-state index in [4.69, 9.17) is 4.74 Å². The highest BCUT2D eigenvalue weighted by atomic mass is 32.1. The number of aromatic nitrogens is 2.